The Hall–Kier alpha value is -1.32. The van der Waals surface area contributed by atoms with Crippen LogP contribution in [0.15, 0.2) is 12.2 Å². The molecule has 1 atom stereocenters. The fourth-order valence-electron chi connectivity index (χ4n) is 3.10. The second kappa shape index (κ2) is 6.22. The number of hydrogen-bond donors (Lipinski definition) is 1. The number of amides is 1. The van der Waals surface area contributed by atoms with Crippen molar-refractivity contribution in [3.8, 4) is 0 Å². The Bertz CT molecular complexity index is 370. The summed E-state index contributed by atoms with van der Waals surface area (Å²) in [5.41, 5.74) is -0.773. The third-order valence-corrected chi connectivity index (χ3v) is 4.29. The molecule has 1 amide bonds. The van der Waals surface area contributed by atoms with Crippen LogP contribution in [-0.2, 0) is 14.3 Å². The smallest absolute Gasteiger partial charge is 0.331 e. The molecule has 0 aromatic heterocycles. The van der Waals surface area contributed by atoms with Gasteiger partial charge in [0.15, 0.2) is 0 Å². The van der Waals surface area contributed by atoms with Crippen molar-refractivity contribution in [1.82, 2.24) is 5.32 Å². The highest BCUT2D eigenvalue weighted by molar-refractivity contribution is 5.89. The van der Waals surface area contributed by atoms with Crippen molar-refractivity contribution >= 4 is 11.9 Å². The molecule has 2 rings (SSSR count). The first-order valence-electron chi connectivity index (χ1n) is 7.23. The molecule has 2 aliphatic rings. The number of esters is 1. The van der Waals surface area contributed by atoms with Gasteiger partial charge in [-0.2, -0.15) is 0 Å². The molecule has 1 unspecified atom stereocenters. The summed E-state index contributed by atoms with van der Waals surface area (Å²) in [6, 6.07) is 0. The van der Waals surface area contributed by atoms with Gasteiger partial charge in [0.05, 0.1) is 7.11 Å². The highest BCUT2D eigenvalue weighted by Gasteiger charge is 2.42. The van der Waals surface area contributed by atoms with E-state index in [2.05, 4.69) is 17.5 Å². The van der Waals surface area contributed by atoms with Crippen molar-refractivity contribution in [2.45, 2.75) is 56.9 Å². The summed E-state index contributed by atoms with van der Waals surface area (Å²) in [7, 11) is 1.40. The van der Waals surface area contributed by atoms with Gasteiger partial charge in [-0.25, -0.2) is 4.79 Å². The first kappa shape index (κ1) is 14.1. The Balaban J connectivity index is 2.05. The van der Waals surface area contributed by atoms with E-state index in [1.165, 1.54) is 7.11 Å². The average molecular weight is 265 g/mol. The topological polar surface area (TPSA) is 55.4 Å². The molecular weight excluding hydrogens is 242 g/mol. The zero-order valence-corrected chi connectivity index (χ0v) is 11.6. The van der Waals surface area contributed by atoms with E-state index in [0.29, 0.717) is 12.8 Å². The van der Waals surface area contributed by atoms with Crippen LogP contribution < -0.4 is 5.32 Å². The number of hydrogen-bond acceptors (Lipinski definition) is 3. The summed E-state index contributed by atoms with van der Waals surface area (Å²) in [6.07, 6.45) is 11.2. The minimum Gasteiger partial charge on any atom is -0.467 e. The molecule has 4 heteroatoms. The van der Waals surface area contributed by atoms with Gasteiger partial charge in [0.2, 0.25) is 5.91 Å². The maximum atomic E-state index is 12.3. The van der Waals surface area contributed by atoms with Gasteiger partial charge in [0, 0.05) is 5.92 Å². The fraction of sp³-hybridized carbons (Fsp3) is 0.733. The SMILES string of the molecule is COC(=O)C1(NC(=O)C2CC=CCC2)CCCCC1. The lowest BCUT2D eigenvalue weighted by molar-refractivity contribution is -0.153. The number of ether oxygens (including phenoxy) is 1. The molecule has 2 aliphatic carbocycles. The highest BCUT2D eigenvalue weighted by atomic mass is 16.5. The number of rotatable bonds is 3. The van der Waals surface area contributed by atoms with Crippen LogP contribution in [0, 0.1) is 5.92 Å². The van der Waals surface area contributed by atoms with Crippen molar-refractivity contribution in [3.05, 3.63) is 12.2 Å². The molecule has 0 saturated heterocycles. The van der Waals surface area contributed by atoms with Crippen LogP contribution in [0.25, 0.3) is 0 Å². The maximum Gasteiger partial charge on any atom is 0.331 e. The molecule has 4 nitrogen and oxygen atoms in total. The van der Waals surface area contributed by atoms with Crippen LogP contribution >= 0.6 is 0 Å². The molecule has 0 aromatic carbocycles. The van der Waals surface area contributed by atoms with E-state index < -0.39 is 5.54 Å². The lowest BCUT2D eigenvalue weighted by Crippen LogP contribution is -2.57. The van der Waals surface area contributed by atoms with Gasteiger partial charge >= 0.3 is 5.97 Å². The number of carbonyl (C=O) groups excluding carboxylic acids is 2. The summed E-state index contributed by atoms with van der Waals surface area (Å²) in [5.74, 6) is -0.267. The number of allylic oxidation sites excluding steroid dienone is 2. The van der Waals surface area contributed by atoms with Gasteiger partial charge in [-0.1, -0.05) is 31.4 Å². The molecule has 0 heterocycles. The summed E-state index contributed by atoms with van der Waals surface area (Å²) in [5, 5.41) is 3.01. The van der Waals surface area contributed by atoms with E-state index in [-0.39, 0.29) is 17.8 Å². The number of carbonyl (C=O) groups is 2. The zero-order valence-electron chi connectivity index (χ0n) is 11.6. The van der Waals surface area contributed by atoms with Crippen molar-refractivity contribution in [1.29, 1.82) is 0 Å². The van der Waals surface area contributed by atoms with Crippen LogP contribution in [0.4, 0.5) is 0 Å². The van der Waals surface area contributed by atoms with Crippen molar-refractivity contribution in [2.24, 2.45) is 5.92 Å². The van der Waals surface area contributed by atoms with E-state index in [1.54, 1.807) is 0 Å². The predicted molar refractivity (Wildman–Crippen MR) is 72.5 cm³/mol. The van der Waals surface area contributed by atoms with Crippen LogP contribution in [0.3, 0.4) is 0 Å². The lowest BCUT2D eigenvalue weighted by Gasteiger charge is -2.36. The minimum atomic E-state index is -0.773. The molecule has 0 radical (unpaired) electrons. The third-order valence-electron chi connectivity index (χ3n) is 4.29. The second-order valence-corrected chi connectivity index (χ2v) is 5.60. The Labute approximate surface area is 114 Å². The third kappa shape index (κ3) is 3.17. The molecule has 106 valence electrons. The van der Waals surface area contributed by atoms with Crippen molar-refractivity contribution in [2.75, 3.05) is 7.11 Å². The molecule has 0 aromatic rings. The highest BCUT2D eigenvalue weighted by Crippen LogP contribution is 2.30. The number of methoxy groups -OCH3 is 1. The van der Waals surface area contributed by atoms with E-state index in [1.807, 2.05) is 0 Å². The Morgan fingerprint density at radius 1 is 1.21 bits per heavy atom. The quantitative estimate of drug-likeness (QED) is 0.629. The van der Waals surface area contributed by atoms with Gasteiger partial charge in [0.25, 0.3) is 0 Å². The normalized spacial score (nSPS) is 25.6. The summed E-state index contributed by atoms with van der Waals surface area (Å²) >= 11 is 0. The van der Waals surface area contributed by atoms with Gasteiger partial charge in [0.1, 0.15) is 5.54 Å². The monoisotopic (exact) mass is 265 g/mol. The zero-order chi connectivity index (χ0) is 13.7. The largest absolute Gasteiger partial charge is 0.467 e. The molecule has 19 heavy (non-hydrogen) atoms. The van der Waals surface area contributed by atoms with Crippen LogP contribution in [-0.4, -0.2) is 24.5 Å². The fourth-order valence-corrected chi connectivity index (χ4v) is 3.10. The first-order valence-corrected chi connectivity index (χ1v) is 7.23. The second-order valence-electron chi connectivity index (χ2n) is 5.60. The first-order chi connectivity index (χ1) is 9.18. The molecule has 1 saturated carbocycles. The van der Waals surface area contributed by atoms with E-state index in [9.17, 15) is 9.59 Å². The van der Waals surface area contributed by atoms with Crippen molar-refractivity contribution in [3.63, 3.8) is 0 Å². The molecule has 0 bridgehead atoms. The lowest BCUT2D eigenvalue weighted by atomic mass is 9.80. The van der Waals surface area contributed by atoms with E-state index >= 15 is 0 Å². The number of nitrogens with one attached hydrogen (secondary N) is 1. The Morgan fingerprint density at radius 2 is 1.95 bits per heavy atom. The van der Waals surface area contributed by atoms with Crippen LogP contribution in [0.5, 0.6) is 0 Å². The predicted octanol–water partition coefficient (Wildman–Crippen LogP) is 2.33. The maximum absolute atomic E-state index is 12.3. The van der Waals surface area contributed by atoms with Gasteiger partial charge in [-0.05, 0) is 32.1 Å². The van der Waals surface area contributed by atoms with Crippen molar-refractivity contribution < 1.29 is 14.3 Å². The summed E-state index contributed by atoms with van der Waals surface area (Å²) < 4.78 is 4.91. The van der Waals surface area contributed by atoms with Gasteiger partial charge < -0.3 is 10.1 Å². The molecule has 0 aliphatic heterocycles. The van der Waals surface area contributed by atoms with Gasteiger partial charge in [-0.15, -0.1) is 0 Å². The van der Waals surface area contributed by atoms with Crippen LogP contribution in [0.1, 0.15) is 51.4 Å². The Morgan fingerprint density at radius 3 is 2.53 bits per heavy atom. The van der Waals surface area contributed by atoms with E-state index in [4.69, 9.17) is 4.74 Å². The molecule has 0 spiro atoms. The Kier molecular flexibility index (Phi) is 4.61. The molecule has 1 fully saturated rings. The summed E-state index contributed by atoms with van der Waals surface area (Å²) in [6.45, 7) is 0. The minimum absolute atomic E-state index is 0.00783. The average Bonchev–Trinajstić information content (AvgIpc) is 2.48. The summed E-state index contributed by atoms with van der Waals surface area (Å²) in [4.78, 5) is 24.4. The molecule has 1 N–H and O–H groups in total. The van der Waals surface area contributed by atoms with E-state index in [0.717, 1.165) is 38.5 Å². The van der Waals surface area contributed by atoms with Gasteiger partial charge in [-0.3, -0.25) is 4.79 Å². The van der Waals surface area contributed by atoms with Crippen LogP contribution in [0.2, 0.25) is 0 Å². The molecular formula is C15H23NO3. The standard InChI is InChI=1S/C15H23NO3/c1-19-14(18)15(10-6-3-7-11-15)16-13(17)12-8-4-2-5-9-12/h2,4,12H,3,5-11H2,1H3,(H,16,17).